The topological polar surface area (TPSA) is 112 Å². The molecule has 7 nitrogen and oxygen atoms in total. The molecule has 1 atom stereocenters. The molecular formula is C9H10ClN3O4S. The molecule has 1 aromatic heterocycles. The minimum absolute atomic E-state index is 0.00683. The summed E-state index contributed by atoms with van der Waals surface area (Å²) in [6, 6.07) is -1.40. The molecule has 0 aliphatic carbocycles. The van der Waals surface area contributed by atoms with Crippen molar-refractivity contribution in [2.75, 3.05) is 12.9 Å². The second kappa shape index (κ2) is 6.53. The second-order valence-corrected chi connectivity index (χ2v) is 4.28. The van der Waals surface area contributed by atoms with Crippen LogP contribution in [-0.2, 0) is 4.79 Å². The number of nitrogens with one attached hydrogen (secondary N) is 1. The van der Waals surface area contributed by atoms with Gasteiger partial charge in [-0.3, -0.25) is 4.79 Å². The van der Waals surface area contributed by atoms with Crippen LogP contribution in [0.3, 0.4) is 0 Å². The fraction of sp³-hybridized carbons (Fsp3) is 0.333. The summed E-state index contributed by atoms with van der Waals surface area (Å²) in [5, 5.41) is 19.9. The van der Waals surface area contributed by atoms with Gasteiger partial charge in [0.15, 0.2) is 16.9 Å². The van der Waals surface area contributed by atoms with Gasteiger partial charge in [0.2, 0.25) is 0 Å². The Morgan fingerprint density at radius 1 is 1.61 bits per heavy atom. The van der Waals surface area contributed by atoms with Gasteiger partial charge in [-0.05, 0) is 6.26 Å². The zero-order valence-electron chi connectivity index (χ0n) is 9.25. The molecule has 0 saturated carbocycles. The summed E-state index contributed by atoms with van der Waals surface area (Å²) in [5.41, 5.74) is -0.129. The van der Waals surface area contributed by atoms with Crippen LogP contribution in [0.15, 0.2) is 11.4 Å². The van der Waals surface area contributed by atoms with Gasteiger partial charge in [0.1, 0.15) is 0 Å². The van der Waals surface area contributed by atoms with Crippen molar-refractivity contribution in [3.63, 3.8) is 0 Å². The molecule has 9 heteroatoms. The van der Waals surface area contributed by atoms with Crippen molar-refractivity contribution in [3.8, 4) is 0 Å². The van der Waals surface area contributed by atoms with E-state index in [0.29, 0.717) is 5.16 Å². The lowest BCUT2D eigenvalue weighted by atomic mass is 10.3. The number of aliphatic hydroxyl groups excluding tert-OH is 1. The number of aromatic nitrogens is 2. The van der Waals surface area contributed by atoms with E-state index in [1.54, 1.807) is 6.26 Å². The number of hydrogen-bond donors (Lipinski definition) is 3. The van der Waals surface area contributed by atoms with Crippen LogP contribution in [0.4, 0.5) is 0 Å². The molecule has 3 N–H and O–H groups in total. The lowest BCUT2D eigenvalue weighted by Gasteiger charge is -2.11. The first-order chi connectivity index (χ1) is 8.49. The number of carbonyl (C=O) groups is 2. The highest BCUT2D eigenvalue weighted by atomic mass is 35.5. The van der Waals surface area contributed by atoms with E-state index in [1.807, 2.05) is 0 Å². The number of carboxylic acid groups (broad SMARTS) is 1. The molecule has 1 rings (SSSR count). The Kier molecular flexibility index (Phi) is 5.32. The Balaban J connectivity index is 2.93. The molecule has 0 aliphatic heterocycles. The van der Waals surface area contributed by atoms with E-state index >= 15 is 0 Å². The Bertz CT molecular complexity index is 471. The third kappa shape index (κ3) is 3.56. The maximum Gasteiger partial charge on any atom is 0.328 e. The summed E-state index contributed by atoms with van der Waals surface area (Å²) in [5.74, 6) is -2.12. The van der Waals surface area contributed by atoms with Gasteiger partial charge in [0, 0.05) is 0 Å². The van der Waals surface area contributed by atoms with Crippen molar-refractivity contribution in [1.82, 2.24) is 15.3 Å². The molecule has 18 heavy (non-hydrogen) atoms. The molecule has 0 aromatic carbocycles. The van der Waals surface area contributed by atoms with Gasteiger partial charge in [-0.25, -0.2) is 14.8 Å². The summed E-state index contributed by atoms with van der Waals surface area (Å²) in [7, 11) is 0. The Hall–Kier alpha value is -1.38. The zero-order valence-corrected chi connectivity index (χ0v) is 10.8. The normalized spacial score (nSPS) is 11.9. The molecule has 0 fully saturated rings. The smallest absolute Gasteiger partial charge is 0.328 e. The molecule has 1 heterocycles. The van der Waals surface area contributed by atoms with Gasteiger partial charge >= 0.3 is 5.97 Å². The third-order valence-electron chi connectivity index (χ3n) is 1.91. The Morgan fingerprint density at radius 3 is 2.78 bits per heavy atom. The first-order valence-electron chi connectivity index (χ1n) is 4.70. The molecule has 98 valence electrons. The molecular weight excluding hydrogens is 282 g/mol. The molecule has 0 saturated heterocycles. The number of carbonyl (C=O) groups excluding carboxylic acids is 1. The molecule has 0 unspecified atom stereocenters. The first-order valence-corrected chi connectivity index (χ1v) is 6.31. The maximum atomic E-state index is 11.7. The number of carboxylic acids is 1. The second-order valence-electron chi connectivity index (χ2n) is 3.10. The highest BCUT2D eigenvalue weighted by Gasteiger charge is 2.22. The van der Waals surface area contributed by atoms with E-state index in [0.717, 1.165) is 0 Å². The van der Waals surface area contributed by atoms with Gasteiger partial charge in [-0.15, -0.1) is 0 Å². The number of thioether (sulfide) groups is 1. The minimum Gasteiger partial charge on any atom is -0.480 e. The van der Waals surface area contributed by atoms with E-state index in [-0.39, 0.29) is 10.7 Å². The predicted molar refractivity (Wildman–Crippen MR) is 64.8 cm³/mol. The van der Waals surface area contributed by atoms with Crippen LogP contribution < -0.4 is 5.32 Å². The van der Waals surface area contributed by atoms with Crippen LogP contribution in [0.1, 0.15) is 10.5 Å². The number of amides is 1. The van der Waals surface area contributed by atoms with Gasteiger partial charge in [-0.1, -0.05) is 23.4 Å². The Morgan fingerprint density at radius 2 is 2.28 bits per heavy atom. The van der Waals surface area contributed by atoms with E-state index in [2.05, 4.69) is 15.3 Å². The molecule has 0 spiro atoms. The number of rotatable bonds is 5. The standard InChI is InChI=1S/C9H10ClN3O4S/c1-18-9-11-2-4(10)6(13-9)7(15)12-5(3-14)8(16)17/h2,5,14H,3H2,1H3,(H,12,15)(H,16,17)/t5-/m1/s1. The van der Waals surface area contributed by atoms with E-state index in [9.17, 15) is 9.59 Å². The van der Waals surface area contributed by atoms with Crippen molar-refractivity contribution in [3.05, 3.63) is 16.9 Å². The van der Waals surface area contributed by atoms with Crippen molar-refractivity contribution >= 4 is 35.2 Å². The molecule has 0 aliphatic rings. The van der Waals surface area contributed by atoms with Crippen LogP contribution in [0.2, 0.25) is 5.02 Å². The van der Waals surface area contributed by atoms with Gasteiger partial charge < -0.3 is 15.5 Å². The highest BCUT2D eigenvalue weighted by Crippen LogP contribution is 2.16. The molecule has 0 radical (unpaired) electrons. The SMILES string of the molecule is CSc1ncc(Cl)c(C(=O)N[C@H](CO)C(=O)O)n1. The van der Waals surface area contributed by atoms with E-state index < -0.39 is 24.5 Å². The van der Waals surface area contributed by atoms with Crippen molar-refractivity contribution in [2.24, 2.45) is 0 Å². The van der Waals surface area contributed by atoms with Crippen molar-refractivity contribution in [1.29, 1.82) is 0 Å². The monoisotopic (exact) mass is 291 g/mol. The average Bonchev–Trinajstić information content (AvgIpc) is 2.35. The summed E-state index contributed by atoms with van der Waals surface area (Å²) < 4.78 is 0. The number of halogens is 1. The first kappa shape index (κ1) is 14.7. The molecule has 0 bridgehead atoms. The number of aliphatic hydroxyl groups is 1. The summed E-state index contributed by atoms with van der Waals surface area (Å²) >= 11 is 6.96. The van der Waals surface area contributed by atoms with Crippen LogP contribution in [0, 0.1) is 0 Å². The molecule has 1 aromatic rings. The summed E-state index contributed by atoms with van der Waals surface area (Å²) in [6.45, 7) is -0.723. The third-order valence-corrected chi connectivity index (χ3v) is 2.74. The van der Waals surface area contributed by atoms with Crippen LogP contribution >= 0.6 is 23.4 Å². The highest BCUT2D eigenvalue weighted by molar-refractivity contribution is 7.98. The van der Waals surface area contributed by atoms with Crippen molar-refractivity contribution in [2.45, 2.75) is 11.2 Å². The fourth-order valence-corrected chi connectivity index (χ4v) is 1.54. The zero-order chi connectivity index (χ0) is 13.7. The quantitative estimate of drug-likeness (QED) is 0.518. The van der Waals surface area contributed by atoms with E-state index in [1.165, 1.54) is 18.0 Å². The fourth-order valence-electron chi connectivity index (χ4n) is 1.02. The lowest BCUT2D eigenvalue weighted by molar-refractivity contribution is -0.140. The van der Waals surface area contributed by atoms with Crippen LogP contribution in [-0.4, -0.2) is 51.0 Å². The summed E-state index contributed by atoms with van der Waals surface area (Å²) in [4.78, 5) is 30.1. The minimum atomic E-state index is -1.40. The predicted octanol–water partition coefficient (Wildman–Crippen LogP) is 0.0272. The Labute approximate surface area is 112 Å². The number of aliphatic carboxylic acids is 1. The largest absolute Gasteiger partial charge is 0.480 e. The average molecular weight is 292 g/mol. The number of nitrogens with zero attached hydrogens (tertiary/aromatic N) is 2. The van der Waals surface area contributed by atoms with Gasteiger partial charge in [0.25, 0.3) is 5.91 Å². The van der Waals surface area contributed by atoms with Gasteiger partial charge in [-0.2, -0.15) is 0 Å². The lowest BCUT2D eigenvalue weighted by Crippen LogP contribution is -2.43. The van der Waals surface area contributed by atoms with Crippen LogP contribution in [0.25, 0.3) is 0 Å². The summed E-state index contributed by atoms with van der Waals surface area (Å²) in [6.07, 6.45) is 2.97. The number of hydrogen-bond acceptors (Lipinski definition) is 6. The van der Waals surface area contributed by atoms with E-state index in [4.69, 9.17) is 21.8 Å². The van der Waals surface area contributed by atoms with Crippen molar-refractivity contribution < 1.29 is 19.8 Å². The molecule has 1 amide bonds. The van der Waals surface area contributed by atoms with Gasteiger partial charge in [0.05, 0.1) is 17.8 Å². The van der Waals surface area contributed by atoms with Crippen LogP contribution in [0.5, 0.6) is 0 Å². The maximum absolute atomic E-state index is 11.7.